The first-order valence-electron chi connectivity index (χ1n) is 3.55. The molecule has 0 heterocycles. The lowest BCUT2D eigenvalue weighted by molar-refractivity contribution is 0.415. The molecule has 2 nitrogen and oxygen atoms in total. The monoisotopic (exact) mass is 138 g/mol. The topological polar surface area (TPSA) is 21.3 Å². The van der Waals surface area contributed by atoms with E-state index >= 15 is 0 Å². The molecule has 1 aromatic carbocycles. The van der Waals surface area contributed by atoms with Gasteiger partial charge >= 0.3 is 0 Å². The Morgan fingerprint density at radius 2 is 2.00 bits per heavy atom. The van der Waals surface area contributed by atoms with Crippen molar-refractivity contribution in [3.63, 3.8) is 0 Å². The largest absolute Gasteiger partial charge is 0.497 e. The third-order valence-corrected chi connectivity index (χ3v) is 1.33. The molecule has 0 radical (unpaired) electrons. The van der Waals surface area contributed by atoms with E-state index in [0.717, 1.165) is 11.4 Å². The van der Waals surface area contributed by atoms with Gasteiger partial charge in [0.2, 0.25) is 0 Å². The summed E-state index contributed by atoms with van der Waals surface area (Å²) in [5.74, 6) is 0.815. The maximum atomic E-state index is 7.24. The number of benzene rings is 1. The zero-order valence-corrected chi connectivity index (χ0v) is 6.16. The Balaban J connectivity index is 2.83. The van der Waals surface area contributed by atoms with E-state index < -0.39 is 0 Å². The number of nitrogens with one attached hydrogen (secondary N) is 1. The number of rotatable bonds is 2. The van der Waals surface area contributed by atoms with Gasteiger partial charge in [-0.05, 0) is 24.3 Å². The summed E-state index contributed by atoms with van der Waals surface area (Å²) >= 11 is 0. The first-order chi connectivity index (χ1) is 5.24. The first kappa shape index (κ1) is 5.59. The summed E-state index contributed by atoms with van der Waals surface area (Å²) in [6.45, 7) is 0. The molecule has 0 atom stereocenters. The van der Waals surface area contributed by atoms with Gasteiger partial charge < -0.3 is 10.0 Å². The predicted octanol–water partition coefficient (Wildman–Crippen LogP) is 1.74. The summed E-state index contributed by atoms with van der Waals surface area (Å²) in [6.07, 6.45) is 0. The van der Waals surface area contributed by atoms with Crippen molar-refractivity contribution in [1.82, 2.24) is 0 Å². The fraction of sp³-hybridized carbons (Fsp3) is 0.250. The van der Waals surface area contributed by atoms with Crippen LogP contribution in [0.25, 0.3) is 0 Å². The van der Waals surface area contributed by atoms with Gasteiger partial charge in [-0.15, -0.1) is 0 Å². The van der Waals surface area contributed by atoms with Crippen LogP contribution in [0.1, 0.15) is 0 Å². The fourth-order valence-corrected chi connectivity index (χ4v) is 0.731. The van der Waals surface area contributed by atoms with Crippen LogP contribution in [0, 0.1) is 0 Å². The number of hydrogen-bond donors (Lipinski definition) is 1. The molecule has 0 aliphatic rings. The quantitative estimate of drug-likeness (QED) is 0.672. The lowest BCUT2D eigenvalue weighted by atomic mass is 10.3. The van der Waals surface area contributed by atoms with Crippen molar-refractivity contribution in [3.8, 4) is 5.75 Å². The van der Waals surface area contributed by atoms with Crippen molar-refractivity contribution in [2.45, 2.75) is 0 Å². The molecular formula is C8H11NO. The van der Waals surface area contributed by atoms with Crippen LogP contribution in [0.2, 0.25) is 1.41 Å². The highest BCUT2D eigenvalue weighted by Crippen LogP contribution is 2.13. The van der Waals surface area contributed by atoms with Gasteiger partial charge in [0.25, 0.3) is 0 Å². The minimum atomic E-state index is 0.815. The summed E-state index contributed by atoms with van der Waals surface area (Å²) in [6, 6.07) is 7.35. The highest BCUT2D eigenvalue weighted by molar-refractivity contribution is 5.45. The molecular weight excluding hydrogens is 126 g/mol. The van der Waals surface area contributed by atoms with E-state index in [1.165, 1.54) is 5.31 Å². The predicted molar refractivity (Wildman–Crippen MR) is 42.5 cm³/mol. The first-order valence-corrected chi connectivity index (χ1v) is 3.10. The van der Waals surface area contributed by atoms with Crippen molar-refractivity contribution in [2.24, 2.45) is 0 Å². The average molecular weight is 138 g/mol. The van der Waals surface area contributed by atoms with Crippen LogP contribution >= 0.6 is 0 Å². The lowest BCUT2D eigenvalue weighted by Gasteiger charge is -2.00. The number of hydrogen-bond acceptors (Lipinski definition) is 2. The zero-order valence-electron chi connectivity index (χ0n) is 7.16. The summed E-state index contributed by atoms with van der Waals surface area (Å²) < 4.78 is 12.2. The smallest absolute Gasteiger partial charge is 0.160 e. The van der Waals surface area contributed by atoms with Crippen LogP contribution in [0.3, 0.4) is 0 Å². The van der Waals surface area contributed by atoms with Crippen LogP contribution in [0.5, 0.6) is 5.75 Å². The van der Waals surface area contributed by atoms with Crippen LogP contribution in [0.4, 0.5) is 5.69 Å². The lowest BCUT2D eigenvalue weighted by Crippen LogP contribution is -1.87. The van der Waals surface area contributed by atoms with E-state index in [0.29, 0.717) is 0 Å². The van der Waals surface area contributed by atoms with E-state index in [1.54, 1.807) is 14.2 Å². The molecule has 1 aromatic rings. The second kappa shape index (κ2) is 3.11. The highest BCUT2D eigenvalue weighted by Gasteiger charge is 1.88. The molecule has 2 heteroatoms. The normalized spacial score (nSPS) is 10.4. The van der Waals surface area contributed by atoms with Crippen molar-refractivity contribution in [1.29, 1.82) is 0 Å². The van der Waals surface area contributed by atoms with Crippen LogP contribution < -0.4 is 10.0 Å². The molecule has 54 valence electrons. The van der Waals surface area contributed by atoms with E-state index in [-0.39, 0.29) is 0 Å². The Labute approximate surface area is 62.3 Å². The Kier molecular flexibility index (Phi) is 1.74. The minimum absolute atomic E-state index is 0.815. The Hall–Kier alpha value is -1.18. The Bertz CT molecular complexity index is 220. The van der Waals surface area contributed by atoms with Gasteiger partial charge in [-0.25, -0.2) is 0 Å². The molecule has 0 spiro atoms. The summed E-state index contributed by atoms with van der Waals surface area (Å²) in [4.78, 5) is 0. The van der Waals surface area contributed by atoms with E-state index in [9.17, 15) is 0 Å². The summed E-state index contributed by atoms with van der Waals surface area (Å²) in [5.41, 5.74) is 0.853. The van der Waals surface area contributed by atoms with Crippen molar-refractivity contribution in [2.75, 3.05) is 19.5 Å². The molecule has 0 saturated heterocycles. The van der Waals surface area contributed by atoms with E-state index in [4.69, 9.17) is 6.15 Å². The minimum Gasteiger partial charge on any atom is -0.497 e. The molecule has 0 aromatic heterocycles. The van der Waals surface area contributed by atoms with Crippen LogP contribution in [-0.2, 0) is 0 Å². The third-order valence-electron chi connectivity index (χ3n) is 1.33. The maximum Gasteiger partial charge on any atom is 0.160 e. The molecule has 0 unspecified atom stereocenters. The van der Waals surface area contributed by atoms with Crippen molar-refractivity contribution in [3.05, 3.63) is 24.3 Å². The zero-order chi connectivity index (χ0) is 8.27. The molecule has 10 heavy (non-hydrogen) atoms. The number of ether oxygens (including phenoxy) is 1. The molecule has 0 bridgehead atoms. The van der Waals surface area contributed by atoms with Gasteiger partial charge in [-0.2, -0.15) is 0 Å². The maximum absolute atomic E-state index is 7.24. The molecule has 0 aliphatic carbocycles. The molecule has 0 amide bonds. The SMILES string of the molecule is [2H]N(C)c1ccc(OC)cc1. The Morgan fingerprint density at radius 3 is 2.40 bits per heavy atom. The van der Waals surface area contributed by atoms with Gasteiger partial charge in [0, 0.05) is 12.7 Å². The second-order valence-corrected chi connectivity index (χ2v) is 1.92. The van der Waals surface area contributed by atoms with Crippen LogP contribution in [-0.4, -0.2) is 14.2 Å². The second-order valence-electron chi connectivity index (χ2n) is 1.92. The molecule has 0 fully saturated rings. The third kappa shape index (κ3) is 1.41. The Morgan fingerprint density at radius 1 is 1.40 bits per heavy atom. The summed E-state index contributed by atoms with van der Waals surface area (Å²) in [5, 5.41) is 1.30. The van der Waals surface area contributed by atoms with Crippen molar-refractivity contribution >= 4 is 5.69 Å². The molecule has 0 saturated carbocycles. The van der Waals surface area contributed by atoms with Gasteiger partial charge in [0.1, 0.15) is 5.75 Å². The van der Waals surface area contributed by atoms with Gasteiger partial charge in [-0.3, -0.25) is 0 Å². The highest BCUT2D eigenvalue weighted by atomic mass is 16.5. The standard InChI is InChI=1S/C8H11NO/c1-9-7-3-5-8(10-2)6-4-7/h3-6,9H,1-2H3/i/hD. The average Bonchev–Trinajstić information content (AvgIpc) is 2.05. The molecule has 1 rings (SSSR count). The fourth-order valence-electron chi connectivity index (χ4n) is 0.731. The van der Waals surface area contributed by atoms with Gasteiger partial charge in [0.05, 0.1) is 7.11 Å². The molecule has 1 N–H and O–H groups in total. The van der Waals surface area contributed by atoms with E-state index in [1.807, 2.05) is 24.3 Å². The van der Waals surface area contributed by atoms with E-state index in [2.05, 4.69) is 0 Å². The summed E-state index contributed by atoms with van der Waals surface area (Å²) in [7, 11) is 3.31. The van der Waals surface area contributed by atoms with Gasteiger partial charge in [0.15, 0.2) is 1.41 Å². The van der Waals surface area contributed by atoms with Crippen molar-refractivity contribution < 1.29 is 6.15 Å². The number of anilines is 1. The number of methoxy groups -OCH3 is 1. The molecule has 0 aliphatic heterocycles. The van der Waals surface area contributed by atoms with Gasteiger partial charge in [-0.1, -0.05) is 0 Å². The van der Waals surface area contributed by atoms with Crippen LogP contribution in [0.15, 0.2) is 24.3 Å².